The molecule has 1 aromatic heterocycles. The van der Waals surface area contributed by atoms with Gasteiger partial charge in [0.05, 0.1) is 11.0 Å². The van der Waals surface area contributed by atoms with Crippen LogP contribution >= 0.6 is 0 Å². The van der Waals surface area contributed by atoms with Gasteiger partial charge in [0.2, 0.25) is 0 Å². The first-order chi connectivity index (χ1) is 25.8. The number of hydrogen-bond acceptors (Lipinski definition) is 1. The summed E-state index contributed by atoms with van der Waals surface area (Å²) in [6.07, 6.45) is 0. The molecule has 244 valence electrons. The maximum Gasteiger partial charge on any atom is 0.0625 e. The van der Waals surface area contributed by atoms with Crippen molar-refractivity contribution >= 4 is 60.4 Å². The molecule has 1 heterocycles. The fraction of sp³-hybridized carbons (Fsp3) is 0. The largest absolute Gasteiger partial charge is 0.311 e. The average molecular weight is 663 g/mol. The van der Waals surface area contributed by atoms with Crippen LogP contribution in [0.3, 0.4) is 0 Å². The number of nitrogens with zero attached hydrogens (tertiary/aromatic N) is 2. The molecule has 0 unspecified atom stereocenters. The number of benzene rings is 9. The van der Waals surface area contributed by atoms with E-state index < -0.39 is 0 Å². The molecule has 0 radical (unpaired) electrons. The molecule has 0 aliphatic heterocycles. The molecule has 10 aromatic rings. The van der Waals surface area contributed by atoms with Gasteiger partial charge in [-0.1, -0.05) is 146 Å². The molecule has 2 nitrogen and oxygen atoms in total. The Labute approximate surface area is 303 Å². The van der Waals surface area contributed by atoms with E-state index in [4.69, 9.17) is 0 Å². The van der Waals surface area contributed by atoms with Crippen molar-refractivity contribution in [3.05, 3.63) is 206 Å². The van der Waals surface area contributed by atoms with Crippen molar-refractivity contribution in [3.63, 3.8) is 0 Å². The fourth-order valence-electron chi connectivity index (χ4n) is 7.90. The minimum Gasteiger partial charge on any atom is -0.311 e. The molecule has 0 aliphatic carbocycles. The van der Waals surface area contributed by atoms with Crippen molar-refractivity contribution in [2.45, 2.75) is 0 Å². The number of rotatable bonds is 6. The summed E-state index contributed by atoms with van der Waals surface area (Å²) in [7, 11) is 0. The fourth-order valence-corrected chi connectivity index (χ4v) is 7.90. The molecule has 2 heteroatoms. The third-order valence-electron chi connectivity index (χ3n) is 10.3. The van der Waals surface area contributed by atoms with Crippen LogP contribution in [0.4, 0.5) is 17.1 Å². The number of anilines is 3. The highest BCUT2D eigenvalue weighted by Crippen LogP contribution is 2.44. The van der Waals surface area contributed by atoms with Gasteiger partial charge in [0, 0.05) is 39.1 Å². The van der Waals surface area contributed by atoms with Crippen molar-refractivity contribution < 1.29 is 0 Å². The molecule has 52 heavy (non-hydrogen) atoms. The third kappa shape index (κ3) is 5.04. The zero-order valence-corrected chi connectivity index (χ0v) is 28.5. The van der Waals surface area contributed by atoms with Gasteiger partial charge in [-0.2, -0.15) is 0 Å². The maximum atomic E-state index is 2.47. The van der Waals surface area contributed by atoms with Gasteiger partial charge >= 0.3 is 0 Å². The van der Waals surface area contributed by atoms with Gasteiger partial charge in [0.25, 0.3) is 0 Å². The average Bonchev–Trinajstić information content (AvgIpc) is 3.55. The molecular formula is C50H34N2. The number of aromatic nitrogens is 1. The molecule has 0 fully saturated rings. The predicted octanol–water partition coefficient (Wildman–Crippen LogP) is 13.9. The normalized spacial score (nSPS) is 11.5. The van der Waals surface area contributed by atoms with E-state index in [0.29, 0.717) is 0 Å². The van der Waals surface area contributed by atoms with E-state index in [1.165, 1.54) is 65.6 Å². The number of fused-ring (bicyclic) bond motifs is 5. The van der Waals surface area contributed by atoms with Crippen LogP contribution in [0.5, 0.6) is 0 Å². The van der Waals surface area contributed by atoms with E-state index >= 15 is 0 Å². The lowest BCUT2D eigenvalue weighted by Crippen LogP contribution is -2.09. The Bertz CT molecular complexity index is 2870. The summed E-state index contributed by atoms with van der Waals surface area (Å²) in [5.74, 6) is 0. The maximum absolute atomic E-state index is 2.47. The summed E-state index contributed by atoms with van der Waals surface area (Å²) < 4.78 is 2.47. The molecule has 0 bridgehead atoms. The van der Waals surface area contributed by atoms with Crippen LogP contribution in [0, 0.1) is 0 Å². The van der Waals surface area contributed by atoms with E-state index in [1.54, 1.807) is 0 Å². The molecular weight excluding hydrogens is 629 g/mol. The monoisotopic (exact) mass is 662 g/mol. The lowest BCUT2D eigenvalue weighted by atomic mass is 9.94. The lowest BCUT2D eigenvalue weighted by Gasteiger charge is -2.26. The summed E-state index contributed by atoms with van der Waals surface area (Å²) in [5.41, 5.74) is 11.8. The van der Waals surface area contributed by atoms with E-state index in [2.05, 4.69) is 216 Å². The van der Waals surface area contributed by atoms with Gasteiger partial charge < -0.3 is 9.47 Å². The third-order valence-corrected chi connectivity index (χ3v) is 10.3. The zero-order valence-electron chi connectivity index (χ0n) is 28.5. The van der Waals surface area contributed by atoms with Crippen molar-refractivity contribution in [3.8, 4) is 27.9 Å². The molecule has 0 amide bonds. The van der Waals surface area contributed by atoms with Crippen LogP contribution in [0.15, 0.2) is 206 Å². The Morgan fingerprint density at radius 3 is 1.60 bits per heavy atom. The van der Waals surface area contributed by atoms with Crippen molar-refractivity contribution in [1.82, 2.24) is 4.57 Å². The first-order valence-corrected chi connectivity index (χ1v) is 17.9. The molecule has 0 atom stereocenters. The van der Waals surface area contributed by atoms with Gasteiger partial charge in [0.15, 0.2) is 0 Å². The number of para-hydroxylation sites is 2. The van der Waals surface area contributed by atoms with Crippen molar-refractivity contribution in [2.75, 3.05) is 4.90 Å². The first-order valence-electron chi connectivity index (χ1n) is 17.9. The number of hydrogen-bond donors (Lipinski definition) is 0. The molecule has 0 spiro atoms. The molecule has 0 saturated carbocycles. The van der Waals surface area contributed by atoms with Crippen molar-refractivity contribution in [1.29, 1.82) is 0 Å². The van der Waals surface area contributed by atoms with E-state index in [-0.39, 0.29) is 0 Å². The van der Waals surface area contributed by atoms with Crippen LogP contribution in [0.1, 0.15) is 0 Å². The van der Waals surface area contributed by atoms with E-state index in [1.807, 2.05) is 0 Å². The first kappa shape index (κ1) is 30.0. The van der Waals surface area contributed by atoms with Crippen LogP contribution in [-0.2, 0) is 0 Å². The SMILES string of the molecule is c1ccc(-c2ccc(N(c3ccccc3)c3ccc(-c4c5ccccc5cc5c6ccccc6n(-c6ccc7ccccc7c6)c45)cc3)cc2)cc1. The predicted molar refractivity (Wildman–Crippen MR) is 221 cm³/mol. The van der Waals surface area contributed by atoms with Crippen LogP contribution in [0.25, 0.3) is 71.3 Å². The quantitative estimate of drug-likeness (QED) is 0.172. The Morgan fingerprint density at radius 2 is 0.865 bits per heavy atom. The van der Waals surface area contributed by atoms with Crippen molar-refractivity contribution in [2.24, 2.45) is 0 Å². The summed E-state index contributed by atoms with van der Waals surface area (Å²) >= 11 is 0. The second kappa shape index (κ2) is 12.5. The van der Waals surface area contributed by atoms with E-state index in [0.717, 1.165) is 22.7 Å². The minimum absolute atomic E-state index is 1.11. The second-order valence-corrected chi connectivity index (χ2v) is 13.4. The highest BCUT2D eigenvalue weighted by molar-refractivity contribution is 6.21. The smallest absolute Gasteiger partial charge is 0.0625 e. The van der Waals surface area contributed by atoms with Crippen LogP contribution in [0.2, 0.25) is 0 Å². The summed E-state index contributed by atoms with van der Waals surface area (Å²) in [5, 5.41) is 7.46. The van der Waals surface area contributed by atoms with Crippen LogP contribution < -0.4 is 4.90 Å². The van der Waals surface area contributed by atoms with Gasteiger partial charge in [-0.25, -0.2) is 0 Å². The van der Waals surface area contributed by atoms with Gasteiger partial charge in [-0.05, 0) is 98.9 Å². The molecule has 0 aliphatic rings. The van der Waals surface area contributed by atoms with Gasteiger partial charge in [-0.3, -0.25) is 0 Å². The Hall–Kier alpha value is -6.90. The Balaban J connectivity index is 1.17. The standard InChI is InChI=1S/C50H34N2/c1-3-13-35(14-4-1)37-23-28-42(29-24-37)51(41-18-5-2-6-19-41)43-30-26-38(27-31-43)49-45-20-10-9-17-40(45)34-47-46-21-11-12-22-48(46)52(50(47)49)44-32-25-36-15-7-8-16-39(36)33-44/h1-34H. The molecule has 9 aromatic carbocycles. The second-order valence-electron chi connectivity index (χ2n) is 13.4. The van der Waals surface area contributed by atoms with Gasteiger partial charge in [-0.15, -0.1) is 0 Å². The Kier molecular flexibility index (Phi) is 7.18. The summed E-state index contributed by atoms with van der Waals surface area (Å²) in [6.45, 7) is 0. The minimum atomic E-state index is 1.11. The molecule has 0 saturated heterocycles. The molecule has 0 N–H and O–H groups in total. The van der Waals surface area contributed by atoms with E-state index in [9.17, 15) is 0 Å². The topological polar surface area (TPSA) is 8.17 Å². The highest BCUT2D eigenvalue weighted by atomic mass is 15.1. The highest BCUT2D eigenvalue weighted by Gasteiger charge is 2.20. The summed E-state index contributed by atoms with van der Waals surface area (Å²) in [6, 6.07) is 74.6. The van der Waals surface area contributed by atoms with Crippen LogP contribution in [-0.4, -0.2) is 4.57 Å². The molecule has 10 rings (SSSR count). The lowest BCUT2D eigenvalue weighted by molar-refractivity contribution is 1.19. The van der Waals surface area contributed by atoms with Gasteiger partial charge in [0.1, 0.15) is 0 Å². The summed E-state index contributed by atoms with van der Waals surface area (Å²) in [4.78, 5) is 2.34. The zero-order chi connectivity index (χ0) is 34.4. The Morgan fingerprint density at radius 1 is 0.327 bits per heavy atom.